The van der Waals surface area contributed by atoms with Crippen LogP contribution in [0, 0.1) is 0 Å². The fourth-order valence-corrected chi connectivity index (χ4v) is 2.92. The van der Waals surface area contributed by atoms with Crippen LogP contribution in [0.15, 0.2) is 23.0 Å². The monoisotopic (exact) mass is 303 g/mol. The van der Waals surface area contributed by atoms with E-state index < -0.39 is 0 Å². The van der Waals surface area contributed by atoms with Crippen LogP contribution in [0.4, 0.5) is 10.6 Å². The van der Waals surface area contributed by atoms with Gasteiger partial charge in [-0.3, -0.25) is 10.4 Å². The van der Waals surface area contributed by atoms with Crippen molar-refractivity contribution in [1.29, 1.82) is 0 Å². The van der Waals surface area contributed by atoms with Gasteiger partial charge in [0.15, 0.2) is 5.82 Å². The first-order valence-electron chi connectivity index (χ1n) is 7.65. The number of H-pyrrole nitrogens is 1. The highest BCUT2D eigenvalue weighted by molar-refractivity contribution is 5.88. The fourth-order valence-electron chi connectivity index (χ4n) is 2.92. The predicted molar refractivity (Wildman–Crippen MR) is 81.6 cm³/mol. The first kappa shape index (κ1) is 14.6. The summed E-state index contributed by atoms with van der Waals surface area (Å²) < 4.78 is 5.41. The Morgan fingerprint density at radius 2 is 2.27 bits per heavy atom. The summed E-state index contributed by atoms with van der Waals surface area (Å²) in [4.78, 5) is 11.8. The molecule has 7 nitrogen and oxygen atoms in total. The summed E-state index contributed by atoms with van der Waals surface area (Å²) in [6.45, 7) is 2.73. The van der Waals surface area contributed by atoms with E-state index >= 15 is 0 Å². The molecule has 0 unspecified atom stereocenters. The van der Waals surface area contributed by atoms with E-state index in [1.165, 1.54) is 12.8 Å². The number of nitrogens with one attached hydrogen (secondary N) is 3. The summed E-state index contributed by atoms with van der Waals surface area (Å²) in [6.07, 6.45) is 8.93. The molecule has 0 aliphatic heterocycles. The third kappa shape index (κ3) is 3.29. The van der Waals surface area contributed by atoms with Gasteiger partial charge in [0.25, 0.3) is 0 Å². The number of aromatic nitrogens is 3. The number of nitrogens with zero attached hydrogens (tertiary/aromatic N) is 2. The molecular weight excluding hydrogens is 282 g/mol. The molecule has 1 saturated carbocycles. The molecule has 2 aromatic heterocycles. The van der Waals surface area contributed by atoms with Gasteiger partial charge in [-0.2, -0.15) is 5.10 Å². The van der Waals surface area contributed by atoms with E-state index in [0.29, 0.717) is 12.4 Å². The van der Waals surface area contributed by atoms with Crippen molar-refractivity contribution >= 4 is 11.8 Å². The van der Waals surface area contributed by atoms with Crippen LogP contribution in [-0.2, 0) is 11.8 Å². The van der Waals surface area contributed by atoms with Crippen molar-refractivity contribution in [3.8, 4) is 0 Å². The van der Waals surface area contributed by atoms with Gasteiger partial charge in [-0.05, 0) is 24.8 Å². The number of rotatable bonds is 5. The second-order valence-corrected chi connectivity index (χ2v) is 6.08. The number of carbonyl (C=O) groups is 1. The van der Waals surface area contributed by atoms with Gasteiger partial charge < -0.3 is 9.84 Å². The molecule has 2 aromatic rings. The van der Waals surface area contributed by atoms with Gasteiger partial charge in [-0.25, -0.2) is 4.79 Å². The van der Waals surface area contributed by atoms with Crippen molar-refractivity contribution in [3.05, 3.63) is 29.8 Å². The fraction of sp³-hybridized carbons (Fsp3) is 0.533. The summed E-state index contributed by atoms with van der Waals surface area (Å²) in [5.74, 6) is 1.32. The molecule has 1 aliphatic rings. The maximum absolute atomic E-state index is 11.8. The van der Waals surface area contributed by atoms with Crippen LogP contribution < -0.4 is 10.6 Å². The molecular formula is C15H21N5O2. The second-order valence-electron chi connectivity index (χ2n) is 6.08. The van der Waals surface area contributed by atoms with E-state index in [0.717, 1.165) is 30.6 Å². The minimum absolute atomic E-state index is 0.0602. The zero-order chi connectivity index (χ0) is 15.4. The molecule has 3 N–H and O–H groups in total. The van der Waals surface area contributed by atoms with Gasteiger partial charge in [-0.1, -0.05) is 24.9 Å². The maximum atomic E-state index is 11.8. The summed E-state index contributed by atoms with van der Waals surface area (Å²) in [5, 5.41) is 16.0. The lowest BCUT2D eigenvalue weighted by Gasteiger charge is -2.18. The standard InChI is InChI=1S/C15H21N5O2/c1-15(5-2-3-6-15)12-8-13(20-22-12)19-14(21)16-7-4-11-9-17-18-10-11/h8-10H,2-7H2,1H3,(H,17,18)(H2,16,19,20,21). The summed E-state index contributed by atoms with van der Waals surface area (Å²) in [7, 11) is 0. The van der Waals surface area contributed by atoms with Crippen LogP contribution in [0.2, 0.25) is 0 Å². The Kier molecular flexibility index (Phi) is 4.13. The van der Waals surface area contributed by atoms with Crippen molar-refractivity contribution in [2.75, 3.05) is 11.9 Å². The van der Waals surface area contributed by atoms with Gasteiger partial charge in [0, 0.05) is 24.2 Å². The summed E-state index contributed by atoms with van der Waals surface area (Å²) in [6, 6.07) is 1.56. The molecule has 0 saturated heterocycles. The minimum Gasteiger partial charge on any atom is -0.359 e. The van der Waals surface area contributed by atoms with Gasteiger partial charge in [-0.15, -0.1) is 0 Å². The molecule has 3 rings (SSSR count). The summed E-state index contributed by atoms with van der Waals surface area (Å²) >= 11 is 0. The lowest BCUT2D eigenvalue weighted by Crippen LogP contribution is -2.30. The van der Waals surface area contributed by atoms with Crippen LogP contribution in [0.1, 0.15) is 43.9 Å². The molecule has 0 aromatic carbocycles. The number of hydrogen-bond donors (Lipinski definition) is 3. The maximum Gasteiger partial charge on any atom is 0.320 e. The van der Waals surface area contributed by atoms with E-state index in [-0.39, 0.29) is 11.4 Å². The molecule has 1 fully saturated rings. The average Bonchev–Trinajstić information content (AvgIpc) is 3.20. The Bertz CT molecular complexity index is 614. The van der Waals surface area contributed by atoms with E-state index in [1.807, 2.05) is 12.3 Å². The largest absolute Gasteiger partial charge is 0.359 e. The average molecular weight is 303 g/mol. The Balaban J connectivity index is 1.48. The van der Waals surface area contributed by atoms with E-state index in [2.05, 4.69) is 32.9 Å². The zero-order valence-corrected chi connectivity index (χ0v) is 12.7. The van der Waals surface area contributed by atoms with Crippen LogP contribution in [-0.4, -0.2) is 27.9 Å². The quantitative estimate of drug-likeness (QED) is 0.791. The van der Waals surface area contributed by atoms with Gasteiger partial charge in [0.05, 0.1) is 6.20 Å². The van der Waals surface area contributed by atoms with Crippen molar-refractivity contribution in [1.82, 2.24) is 20.7 Å². The van der Waals surface area contributed by atoms with Crippen LogP contribution in [0.25, 0.3) is 0 Å². The van der Waals surface area contributed by atoms with Gasteiger partial charge >= 0.3 is 6.03 Å². The number of urea groups is 1. The first-order chi connectivity index (χ1) is 10.7. The van der Waals surface area contributed by atoms with Crippen molar-refractivity contribution in [3.63, 3.8) is 0 Å². The second kappa shape index (κ2) is 6.21. The topological polar surface area (TPSA) is 95.8 Å². The Labute approximate surface area is 128 Å². The van der Waals surface area contributed by atoms with Gasteiger partial charge in [0.2, 0.25) is 0 Å². The number of carbonyl (C=O) groups excluding carboxylic acids is 1. The van der Waals surface area contributed by atoms with Crippen LogP contribution in [0.3, 0.4) is 0 Å². The highest BCUT2D eigenvalue weighted by atomic mass is 16.5. The van der Waals surface area contributed by atoms with Crippen molar-refractivity contribution < 1.29 is 9.32 Å². The zero-order valence-electron chi connectivity index (χ0n) is 12.7. The Hall–Kier alpha value is -2.31. The summed E-state index contributed by atoms with van der Waals surface area (Å²) in [5.41, 5.74) is 1.11. The number of amides is 2. The smallest absolute Gasteiger partial charge is 0.320 e. The third-order valence-electron chi connectivity index (χ3n) is 4.31. The molecule has 0 bridgehead atoms. The van der Waals surface area contributed by atoms with Crippen molar-refractivity contribution in [2.45, 2.75) is 44.4 Å². The lowest BCUT2D eigenvalue weighted by atomic mass is 9.86. The van der Waals surface area contributed by atoms with E-state index in [1.54, 1.807) is 6.20 Å². The van der Waals surface area contributed by atoms with E-state index in [9.17, 15) is 4.79 Å². The van der Waals surface area contributed by atoms with Crippen LogP contribution in [0.5, 0.6) is 0 Å². The molecule has 22 heavy (non-hydrogen) atoms. The molecule has 7 heteroatoms. The Morgan fingerprint density at radius 3 is 3.00 bits per heavy atom. The minimum atomic E-state index is -0.278. The predicted octanol–water partition coefficient (Wildman–Crippen LogP) is 2.59. The lowest BCUT2D eigenvalue weighted by molar-refractivity contribution is 0.252. The van der Waals surface area contributed by atoms with Crippen molar-refractivity contribution in [2.24, 2.45) is 0 Å². The number of hydrogen-bond acceptors (Lipinski definition) is 4. The molecule has 2 amide bonds. The number of anilines is 1. The number of aromatic amines is 1. The van der Waals surface area contributed by atoms with Crippen LogP contribution >= 0.6 is 0 Å². The SMILES string of the molecule is CC1(c2cc(NC(=O)NCCc3cn[nH]c3)no2)CCCC1. The molecule has 0 spiro atoms. The molecule has 0 atom stereocenters. The highest BCUT2D eigenvalue weighted by Crippen LogP contribution is 2.41. The molecule has 1 aliphatic carbocycles. The third-order valence-corrected chi connectivity index (χ3v) is 4.31. The first-order valence-corrected chi connectivity index (χ1v) is 7.65. The molecule has 0 radical (unpaired) electrons. The Morgan fingerprint density at radius 1 is 1.45 bits per heavy atom. The molecule has 118 valence electrons. The molecule has 2 heterocycles. The van der Waals surface area contributed by atoms with Gasteiger partial charge in [0.1, 0.15) is 5.76 Å². The normalized spacial score (nSPS) is 16.6. The highest BCUT2D eigenvalue weighted by Gasteiger charge is 2.34. The van der Waals surface area contributed by atoms with E-state index in [4.69, 9.17) is 4.52 Å².